The summed E-state index contributed by atoms with van der Waals surface area (Å²) in [7, 11) is 0. The molecule has 1 aromatic rings. The van der Waals surface area contributed by atoms with E-state index < -0.39 is 5.97 Å². The molecule has 1 fully saturated rings. The minimum atomic E-state index is -0.844. The summed E-state index contributed by atoms with van der Waals surface area (Å²) in [4.78, 5) is 12.1. The highest BCUT2D eigenvalue weighted by Crippen LogP contribution is 2.20. The van der Waals surface area contributed by atoms with Gasteiger partial charge in [0.15, 0.2) is 0 Å². The predicted molar refractivity (Wildman–Crippen MR) is 65.9 cm³/mol. The number of carboxylic acids is 1. The Balaban J connectivity index is 1.96. The summed E-state index contributed by atoms with van der Waals surface area (Å²) in [5.74, 6) is -0.256. The van der Waals surface area contributed by atoms with Crippen LogP contribution >= 0.6 is 11.3 Å². The van der Waals surface area contributed by atoms with E-state index in [1.165, 1.54) is 24.2 Å². The molecule has 1 saturated heterocycles. The van der Waals surface area contributed by atoms with Crippen LogP contribution in [0.2, 0.25) is 0 Å². The van der Waals surface area contributed by atoms with Crippen LogP contribution < -0.4 is 5.32 Å². The van der Waals surface area contributed by atoms with Gasteiger partial charge < -0.3 is 10.4 Å². The van der Waals surface area contributed by atoms with Crippen molar-refractivity contribution in [2.45, 2.75) is 12.8 Å². The van der Waals surface area contributed by atoms with Gasteiger partial charge in [-0.3, -0.25) is 0 Å². The lowest BCUT2D eigenvalue weighted by molar-refractivity contribution is 0.0702. The van der Waals surface area contributed by atoms with Crippen LogP contribution in [0.3, 0.4) is 0 Å². The summed E-state index contributed by atoms with van der Waals surface area (Å²) in [5.41, 5.74) is 0. The SMILES string of the molecule is O=C(O)c1ccc(C=CC2CCCNC2)s1. The Labute approximate surface area is 98.8 Å². The van der Waals surface area contributed by atoms with Gasteiger partial charge in [-0.2, -0.15) is 0 Å². The zero-order valence-corrected chi connectivity index (χ0v) is 9.80. The molecule has 1 atom stereocenters. The lowest BCUT2D eigenvalue weighted by Gasteiger charge is -2.19. The van der Waals surface area contributed by atoms with Crippen LogP contribution in [0.25, 0.3) is 6.08 Å². The number of hydrogen-bond donors (Lipinski definition) is 2. The molecule has 1 aromatic heterocycles. The monoisotopic (exact) mass is 237 g/mol. The molecule has 4 heteroatoms. The van der Waals surface area contributed by atoms with Crippen LogP contribution in [0.1, 0.15) is 27.4 Å². The van der Waals surface area contributed by atoms with Crippen LogP contribution in [0.5, 0.6) is 0 Å². The van der Waals surface area contributed by atoms with Gasteiger partial charge in [-0.25, -0.2) is 4.79 Å². The van der Waals surface area contributed by atoms with Gasteiger partial charge in [-0.15, -0.1) is 11.3 Å². The molecule has 2 N–H and O–H groups in total. The summed E-state index contributed by atoms with van der Waals surface area (Å²) in [6.45, 7) is 2.15. The minimum Gasteiger partial charge on any atom is -0.477 e. The van der Waals surface area contributed by atoms with Gasteiger partial charge in [0, 0.05) is 11.4 Å². The first-order valence-electron chi connectivity index (χ1n) is 5.48. The molecule has 1 aliphatic rings. The van der Waals surface area contributed by atoms with Crippen molar-refractivity contribution in [2.24, 2.45) is 5.92 Å². The molecule has 3 nitrogen and oxygen atoms in total. The highest BCUT2D eigenvalue weighted by molar-refractivity contribution is 7.14. The minimum absolute atomic E-state index is 0.404. The maximum atomic E-state index is 10.7. The van der Waals surface area contributed by atoms with E-state index in [-0.39, 0.29) is 0 Å². The summed E-state index contributed by atoms with van der Waals surface area (Å²) < 4.78 is 0. The van der Waals surface area contributed by atoms with Gasteiger partial charge in [0.05, 0.1) is 0 Å². The molecular weight excluding hydrogens is 222 g/mol. The molecule has 0 aromatic carbocycles. The molecule has 2 heterocycles. The molecule has 0 saturated carbocycles. The fourth-order valence-electron chi connectivity index (χ4n) is 1.83. The third-order valence-electron chi connectivity index (χ3n) is 2.71. The number of rotatable bonds is 3. The van der Waals surface area contributed by atoms with E-state index in [1.807, 2.05) is 12.1 Å². The maximum Gasteiger partial charge on any atom is 0.345 e. The van der Waals surface area contributed by atoms with Crippen molar-refractivity contribution in [3.63, 3.8) is 0 Å². The number of nitrogens with one attached hydrogen (secondary N) is 1. The van der Waals surface area contributed by atoms with Crippen LogP contribution in [-0.4, -0.2) is 24.2 Å². The fraction of sp³-hybridized carbons (Fsp3) is 0.417. The van der Waals surface area contributed by atoms with Crippen molar-refractivity contribution < 1.29 is 9.90 Å². The van der Waals surface area contributed by atoms with Crippen molar-refractivity contribution in [1.82, 2.24) is 5.32 Å². The highest BCUT2D eigenvalue weighted by Gasteiger charge is 2.09. The Bertz CT molecular complexity index is 391. The molecular formula is C12H15NO2S. The second kappa shape index (κ2) is 5.27. The predicted octanol–water partition coefficient (Wildman–Crippen LogP) is 2.46. The van der Waals surface area contributed by atoms with Gasteiger partial charge >= 0.3 is 5.97 Å². The lowest BCUT2D eigenvalue weighted by atomic mass is 9.99. The summed E-state index contributed by atoms with van der Waals surface area (Å²) in [6.07, 6.45) is 6.67. The van der Waals surface area contributed by atoms with Crippen LogP contribution in [0, 0.1) is 5.92 Å². The van der Waals surface area contributed by atoms with E-state index in [4.69, 9.17) is 5.11 Å². The molecule has 16 heavy (non-hydrogen) atoms. The first-order valence-corrected chi connectivity index (χ1v) is 6.29. The van der Waals surface area contributed by atoms with Crippen molar-refractivity contribution >= 4 is 23.4 Å². The first-order chi connectivity index (χ1) is 7.75. The molecule has 86 valence electrons. The molecule has 0 radical (unpaired) electrons. The molecule has 0 amide bonds. The average molecular weight is 237 g/mol. The topological polar surface area (TPSA) is 49.3 Å². The van der Waals surface area contributed by atoms with E-state index in [1.54, 1.807) is 6.07 Å². The lowest BCUT2D eigenvalue weighted by Crippen LogP contribution is -2.28. The van der Waals surface area contributed by atoms with Crippen molar-refractivity contribution in [3.05, 3.63) is 28.0 Å². The molecule has 0 aliphatic carbocycles. The van der Waals surface area contributed by atoms with Crippen LogP contribution in [0.15, 0.2) is 18.2 Å². The van der Waals surface area contributed by atoms with Gasteiger partial charge in [0.2, 0.25) is 0 Å². The number of aromatic carboxylic acids is 1. The van der Waals surface area contributed by atoms with Crippen LogP contribution in [-0.2, 0) is 0 Å². The average Bonchev–Trinajstić information content (AvgIpc) is 2.76. The molecule has 1 aliphatic heterocycles. The van der Waals surface area contributed by atoms with E-state index in [9.17, 15) is 4.79 Å². The third kappa shape index (κ3) is 2.93. The smallest absolute Gasteiger partial charge is 0.345 e. The van der Waals surface area contributed by atoms with E-state index >= 15 is 0 Å². The summed E-state index contributed by atoms with van der Waals surface area (Å²) in [6, 6.07) is 3.52. The fourth-order valence-corrected chi connectivity index (χ4v) is 2.59. The van der Waals surface area contributed by atoms with E-state index in [0.717, 1.165) is 18.0 Å². The number of thiophene rings is 1. The van der Waals surface area contributed by atoms with E-state index in [0.29, 0.717) is 10.8 Å². The van der Waals surface area contributed by atoms with Gasteiger partial charge in [0.25, 0.3) is 0 Å². The number of hydrogen-bond acceptors (Lipinski definition) is 3. The van der Waals surface area contributed by atoms with Crippen LogP contribution in [0.4, 0.5) is 0 Å². The molecule has 0 spiro atoms. The second-order valence-electron chi connectivity index (χ2n) is 3.97. The third-order valence-corrected chi connectivity index (χ3v) is 3.74. The van der Waals surface area contributed by atoms with Gasteiger partial charge in [-0.1, -0.05) is 6.08 Å². The second-order valence-corrected chi connectivity index (χ2v) is 5.09. The van der Waals surface area contributed by atoms with E-state index in [2.05, 4.69) is 11.4 Å². The standard InChI is InChI=1S/C12H15NO2S/c14-12(15)11-6-5-10(16-11)4-3-9-2-1-7-13-8-9/h3-6,9,13H,1-2,7-8H2,(H,14,15). The molecule has 1 unspecified atom stereocenters. The number of piperidine rings is 1. The quantitative estimate of drug-likeness (QED) is 0.849. The zero-order chi connectivity index (χ0) is 11.4. The Morgan fingerprint density at radius 1 is 1.56 bits per heavy atom. The Kier molecular flexibility index (Phi) is 3.74. The van der Waals surface area contributed by atoms with Crippen molar-refractivity contribution in [2.75, 3.05) is 13.1 Å². The summed E-state index contributed by atoms with van der Waals surface area (Å²) >= 11 is 1.32. The Morgan fingerprint density at radius 2 is 2.44 bits per heavy atom. The maximum absolute atomic E-state index is 10.7. The molecule has 0 bridgehead atoms. The van der Waals surface area contributed by atoms with Crippen molar-refractivity contribution in [1.29, 1.82) is 0 Å². The Hall–Kier alpha value is -1.13. The highest BCUT2D eigenvalue weighted by atomic mass is 32.1. The molecule has 2 rings (SSSR count). The normalized spacial score (nSPS) is 21.4. The first kappa shape index (κ1) is 11.4. The summed E-state index contributed by atoms with van der Waals surface area (Å²) in [5, 5.41) is 12.1. The number of carboxylic acid groups (broad SMARTS) is 1. The zero-order valence-electron chi connectivity index (χ0n) is 8.98. The number of carbonyl (C=O) groups is 1. The van der Waals surface area contributed by atoms with Gasteiger partial charge in [-0.05, 0) is 43.5 Å². The van der Waals surface area contributed by atoms with Crippen molar-refractivity contribution in [3.8, 4) is 0 Å². The Morgan fingerprint density at radius 3 is 3.06 bits per heavy atom. The van der Waals surface area contributed by atoms with Gasteiger partial charge in [0.1, 0.15) is 4.88 Å². The largest absolute Gasteiger partial charge is 0.477 e.